The molecule has 0 aromatic heterocycles. The molecule has 17 heavy (non-hydrogen) atoms. The van der Waals surface area contributed by atoms with E-state index in [0.717, 1.165) is 10.9 Å². The molecule has 2 aromatic carbocycles. The summed E-state index contributed by atoms with van der Waals surface area (Å²) in [5.74, 6) is 0.119. The average Bonchev–Trinajstić information content (AvgIpc) is 2.77. The van der Waals surface area contributed by atoms with Crippen molar-refractivity contribution in [3.8, 4) is 0 Å². The fourth-order valence-electron chi connectivity index (χ4n) is 1.98. The molecule has 1 aliphatic heterocycles. The average molecular weight is 228 g/mol. The molecular formula is C13H9FN2O. The summed E-state index contributed by atoms with van der Waals surface area (Å²) >= 11 is 0. The van der Waals surface area contributed by atoms with Gasteiger partial charge in [-0.3, -0.25) is 9.79 Å². The van der Waals surface area contributed by atoms with Crippen LogP contribution in [-0.4, -0.2) is 18.3 Å². The van der Waals surface area contributed by atoms with Crippen molar-refractivity contribution < 1.29 is 9.18 Å². The number of aliphatic imine (C=N–C) groups is 1. The highest BCUT2D eigenvalue weighted by Gasteiger charge is 2.17. The van der Waals surface area contributed by atoms with Gasteiger partial charge in [0.05, 0.1) is 0 Å². The van der Waals surface area contributed by atoms with Crippen LogP contribution in [0.1, 0.15) is 5.56 Å². The molecule has 3 rings (SSSR count). The Balaban J connectivity index is 2.24. The van der Waals surface area contributed by atoms with Crippen molar-refractivity contribution >= 4 is 22.5 Å². The molecule has 2 aromatic rings. The SMILES string of the molecule is O=C1CN=C(c2ccc(F)c3ccccc23)N1. The minimum absolute atomic E-state index is 0.131. The molecule has 0 saturated carbocycles. The smallest absolute Gasteiger partial charge is 0.247 e. The zero-order valence-corrected chi connectivity index (χ0v) is 8.90. The van der Waals surface area contributed by atoms with Gasteiger partial charge in [-0.2, -0.15) is 0 Å². The van der Waals surface area contributed by atoms with Gasteiger partial charge in [0.25, 0.3) is 0 Å². The fraction of sp³-hybridized carbons (Fsp3) is 0.0769. The van der Waals surface area contributed by atoms with Gasteiger partial charge in [0.2, 0.25) is 5.91 Å². The van der Waals surface area contributed by atoms with E-state index in [4.69, 9.17) is 0 Å². The van der Waals surface area contributed by atoms with Gasteiger partial charge in [-0.25, -0.2) is 4.39 Å². The Bertz CT molecular complexity index is 649. The zero-order chi connectivity index (χ0) is 11.8. The lowest BCUT2D eigenvalue weighted by Gasteiger charge is -2.07. The van der Waals surface area contributed by atoms with Gasteiger partial charge in [-0.05, 0) is 17.5 Å². The molecule has 1 heterocycles. The lowest BCUT2D eigenvalue weighted by molar-refractivity contribution is -0.117. The first-order valence-electron chi connectivity index (χ1n) is 5.27. The van der Waals surface area contributed by atoms with Crippen LogP contribution in [-0.2, 0) is 4.79 Å². The van der Waals surface area contributed by atoms with Crippen LogP contribution in [0.2, 0.25) is 0 Å². The van der Waals surface area contributed by atoms with Crippen molar-refractivity contribution in [1.29, 1.82) is 0 Å². The molecule has 0 fully saturated rings. The van der Waals surface area contributed by atoms with Crippen LogP contribution in [0.25, 0.3) is 10.8 Å². The molecule has 3 nitrogen and oxygen atoms in total. The van der Waals surface area contributed by atoms with Crippen molar-refractivity contribution in [2.24, 2.45) is 4.99 Å². The number of hydrogen-bond donors (Lipinski definition) is 1. The molecule has 0 aliphatic carbocycles. The highest BCUT2D eigenvalue weighted by Crippen LogP contribution is 2.22. The Morgan fingerprint density at radius 1 is 1.12 bits per heavy atom. The Morgan fingerprint density at radius 2 is 1.88 bits per heavy atom. The predicted octanol–water partition coefficient (Wildman–Crippen LogP) is 1.86. The van der Waals surface area contributed by atoms with E-state index in [1.54, 1.807) is 18.2 Å². The van der Waals surface area contributed by atoms with Crippen LogP contribution in [0.5, 0.6) is 0 Å². The van der Waals surface area contributed by atoms with Gasteiger partial charge in [0.1, 0.15) is 18.2 Å². The number of hydrogen-bond acceptors (Lipinski definition) is 2. The Labute approximate surface area is 97.0 Å². The lowest BCUT2D eigenvalue weighted by atomic mass is 10.0. The first kappa shape index (κ1) is 9.96. The summed E-state index contributed by atoms with van der Waals surface area (Å²) in [6.45, 7) is 0.140. The molecule has 84 valence electrons. The van der Waals surface area contributed by atoms with E-state index in [1.165, 1.54) is 6.07 Å². The number of fused-ring (bicyclic) bond motifs is 1. The highest BCUT2D eigenvalue weighted by atomic mass is 19.1. The number of nitrogens with one attached hydrogen (secondary N) is 1. The van der Waals surface area contributed by atoms with E-state index < -0.39 is 0 Å². The normalized spacial score (nSPS) is 14.9. The summed E-state index contributed by atoms with van der Waals surface area (Å²) in [5.41, 5.74) is 0.757. The molecule has 0 radical (unpaired) electrons. The third-order valence-corrected chi connectivity index (χ3v) is 2.76. The Kier molecular flexibility index (Phi) is 2.14. The van der Waals surface area contributed by atoms with Gasteiger partial charge < -0.3 is 5.32 Å². The number of amidine groups is 1. The second kappa shape index (κ2) is 3.66. The molecule has 0 spiro atoms. The third-order valence-electron chi connectivity index (χ3n) is 2.76. The van der Waals surface area contributed by atoms with Crippen molar-refractivity contribution in [1.82, 2.24) is 5.32 Å². The van der Waals surface area contributed by atoms with Crippen molar-refractivity contribution in [3.63, 3.8) is 0 Å². The van der Waals surface area contributed by atoms with E-state index in [2.05, 4.69) is 10.3 Å². The Hall–Kier alpha value is -2.23. The first-order valence-corrected chi connectivity index (χ1v) is 5.27. The summed E-state index contributed by atoms with van der Waals surface area (Å²) in [5, 5.41) is 3.96. The van der Waals surface area contributed by atoms with E-state index in [9.17, 15) is 9.18 Å². The monoisotopic (exact) mass is 228 g/mol. The molecule has 4 heteroatoms. The molecule has 0 bridgehead atoms. The van der Waals surface area contributed by atoms with Crippen LogP contribution in [0.15, 0.2) is 41.4 Å². The van der Waals surface area contributed by atoms with Crippen LogP contribution < -0.4 is 5.32 Å². The largest absolute Gasteiger partial charge is 0.309 e. The van der Waals surface area contributed by atoms with E-state index >= 15 is 0 Å². The predicted molar refractivity (Wildman–Crippen MR) is 63.5 cm³/mol. The maximum atomic E-state index is 13.6. The van der Waals surface area contributed by atoms with Crippen molar-refractivity contribution in [2.45, 2.75) is 0 Å². The lowest BCUT2D eigenvalue weighted by Crippen LogP contribution is -2.25. The summed E-state index contributed by atoms with van der Waals surface area (Å²) in [4.78, 5) is 15.2. The number of halogens is 1. The van der Waals surface area contributed by atoms with Crippen molar-refractivity contribution in [2.75, 3.05) is 6.54 Å². The maximum Gasteiger partial charge on any atom is 0.247 e. The van der Waals surface area contributed by atoms with Crippen LogP contribution in [0.3, 0.4) is 0 Å². The van der Waals surface area contributed by atoms with Gasteiger partial charge in [-0.15, -0.1) is 0 Å². The first-order chi connectivity index (χ1) is 8.25. The van der Waals surface area contributed by atoms with Crippen LogP contribution >= 0.6 is 0 Å². The fourth-order valence-corrected chi connectivity index (χ4v) is 1.98. The standard InChI is InChI=1S/C13H9FN2O/c14-11-6-5-10(13-15-7-12(17)16-13)8-3-1-2-4-9(8)11/h1-6H,7H2,(H,15,16,17). The molecular weight excluding hydrogens is 219 g/mol. The summed E-state index contributed by atoms with van der Waals surface area (Å²) in [7, 11) is 0. The molecule has 0 atom stereocenters. The Morgan fingerprint density at radius 3 is 2.59 bits per heavy atom. The zero-order valence-electron chi connectivity index (χ0n) is 8.90. The maximum absolute atomic E-state index is 13.6. The number of carbonyl (C=O) groups is 1. The second-order valence-electron chi connectivity index (χ2n) is 3.85. The van der Waals surface area contributed by atoms with Gasteiger partial charge in [0.15, 0.2) is 0 Å². The summed E-state index contributed by atoms with van der Waals surface area (Å²) < 4.78 is 13.6. The van der Waals surface area contributed by atoms with Gasteiger partial charge in [-0.1, -0.05) is 24.3 Å². The quantitative estimate of drug-likeness (QED) is 0.795. The molecule has 0 unspecified atom stereocenters. The molecule has 1 amide bonds. The molecule has 1 N–H and O–H groups in total. The molecule has 0 saturated heterocycles. The number of benzene rings is 2. The topological polar surface area (TPSA) is 41.5 Å². The van der Waals surface area contributed by atoms with Gasteiger partial charge in [0, 0.05) is 10.9 Å². The highest BCUT2D eigenvalue weighted by molar-refractivity contribution is 6.17. The van der Waals surface area contributed by atoms with E-state index in [-0.39, 0.29) is 18.3 Å². The third kappa shape index (κ3) is 1.58. The van der Waals surface area contributed by atoms with Crippen LogP contribution in [0.4, 0.5) is 4.39 Å². The second-order valence-corrected chi connectivity index (χ2v) is 3.85. The summed E-state index contributed by atoms with van der Waals surface area (Å²) in [6, 6.07) is 10.2. The van der Waals surface area contributed by atoms with Gasteiger partial charge >= 0.3 is 0 Å². The number of amides is 1. The summed E-state index contributed by atoms with van der Waals surface area (Å²) in [6.07, 6.45) is 0. The van der Waals surface area contributed by atoms with Crippen molar-refractivity contribution in [3.05, 3.63) is 47.8 Å². The van der Waals surface area contributed by atoms with E-state index in [0.29, 0.717) is 11.2 Å². The number of rotatable bonds is 1. The minimum atomic E-state index is -0.269. The minimum Gasteiger partial charge on any atom is -0.309 e. The number of carbonyl (C=O) groups excluding carboxylic acids is 1. The molecule has 1 aliphatic rings. The number of nitrogens with zero attached hydrogens (tertiary/aromatic N) is 1. The van der Waals surface area contributed by atoms with E-state index in [1.807, 2.05) is 12.1 Å². The van der Waals surface area contributed by atoms with Crippen LogP contribution in [0, 0.1) is 5.82 Å².